The van der Waals surface area contributed by atoms with Gasteiger partial charge in [-0.15, -0.1) is 0 Å². The predicted molar refractivity (Wildman–Crippen MR) is 109 cm³/mol. The maximum Gasteiger partial charge on any atom is 0.408 e. The van der Waals surface area contributed by atoms with Crippen LogP contribution in [0.4, 0.5) is 4.79 Å². The van der Waals surface area contributed by atoms with E-state index in [1.165, 1.54) is 4.90 Å². The van der Waals surface area contributed by atoms with Gasteiger partial charge in [-0.25, -0.2) is 4.79 Å². The lowest BCUT2D eigenvalue weighted by Crippen LogP contribution is -2.51. The predicted octanol–water partition coefficient (Wildman–Crippen LogP) is 2.93. The molecule has 3 amide bonds. The standard InChI is InChI=1S/C21H33N3O4/c1-13(2)22-18(25)17(16-11-9-10-14(3)12-16)24(8)19(26)15(4)23-20(27)28-21(5,6)7/h9-13,15,17H,1-8H3,(H,22,25)(H,23,27). The van der Waals surface area contributed by atoms with E-state index < -0.39 is 29.7 Å². The van der Waals surface area contributed by atoms with Crippen LogP contribution in [-0.2, 0) is 14.3 Å². The van der Waals surface area contributed by atoms with Crippen LogP contribution in [0.3, 0.4) is 0 Å². The molecule has 0 bridgehead atoms. The fraction of sp³-hybridized carbons (Fsp3) is 0.571. The molecule has 1 aromatic carbocycles. The third kappa shape index (κ3) is 7.21. The topological polar surface area (TPSA) is 87.7 Å². The SMILES string of the molecule is Cc1cccc(C(C(=O)NC(C)C)N(C)C(=O)C(C)NC(=O)OC(C)(C)C)c1. The Kier molecular flexibility index (Phi) is 8.02. The van der Waals surface area contributed by atoms with Crippen LogP contribution in [0.5, 0.6) is 0 Å². The second kappa shape index (κ2) is 9.57. The third-order valence-corrected chi connectivity index (χ3v) is 3.88. The number of carbonyl (C=O) groups is 3. The van der Waals surface area contributed by atoms with Gasteiger partial charge < -0.3 is 20.3 Å². The summed E-state index contributed by atoms with van der Waals surface area (Å²) in [5.74, 6) is -0.669. The van der Waals surface area contributed by atoms with E-state index in [1.807, 2.05) is 45.0 Å². The largest absolute Gasteiger partial charge is 0.444 e. The molecular weight excluding hydrogens is 358 g/mol. The average Bonchev–Trinajstić information content (AvgIpc) is 2.51. The molecule has 1 aromatic rings. The molecule has 0 saturated carbocycles. The van der Waals surface area contributed by atoms with Crippen molar-refractivity contribution in [3.05, 3.63) is 35.4 Å². The van der Waals surface area contributed by atoms with Crippen molar-refractivity contribution in [1.29, 1.82) is 0 Å². The molecule has 2 atom stereocenters. The van der Waals surface area contributed by atoms with E-state index in [0.717, 1.165) is 5.56 Å². The zero-order valence-electron chi connectivity index (χ0n) is 18.1. The van der Waals surface area contributed by atoms with Crippen molar-refractivity contribution in [2.24, 2.45) is 0 Å². The van der Waals surface area contributed by atoms with Crippen molar-refractivity contribution in [3.63, 3.8) is 0 Å². The molecule has 0 aromatic heterocycles. The Labute approximate surface area is 167 Å². The third-order valence-electron chi connectivity index (χ3n) is 3.88. The first-order valence-electron chi connectivity index (χ1n) is 9.45. The molecule has 7 heteroatoms. The molecule has 0 heterocycles. The van der Waals surface area contributed by atoms with Crippen LogP contribution in [-0.4, -0.2) is 47.5 Å². The van der Waals surface area contributed by atoms with Crippen LogP contribution < -0.4 is 10.6 Å². The maximum absolute atomic E-state index is 12.9. The minimum Gasteiger partial charge on any atom is -0.444 e. The summed E-state index contributed by atoms with van der Waals surface area (Å²) in [6, 6.07) is 5.74. The zero-order valence-corrected chi connectivity index (χ0v) is 18.1. The number of amides is 3. The van der Waals surface area contributed by atoms with Crippen molar-refractivity contribution in [1.82, 2.24) is 15.5 Å². The van der Waals surface area contributed by atoms with E-state index >= 15 is 0 Å². The first kappa shape index (κ1) is 23.5. The van der Waals surface area contributed by atoms with Gasteiger partial charge in [0.1, 0.15) is 17.7 Å². The number of aryl methyl sites for hydroxylation is 1. The Morgan fingerprint density at radius 2 is 1.68 bits per heavy atom. The highest BCUT2D eigenvalue weighted by Gasteiger charge is 2.32. The normalized spacial score (nSPS) is 13.5. The lowest BCUT2D eigenvalue weighted by atomic mass is 10.0. The number of ether oxygens (including phenoxy) is 1. The summed E-state index contributed by atoms with van der Waals surface area (Å²) >= 11 is 0. The fourth-order valence-electron chi connectivity index (χ4n) is 2.73. The molecule has 156 valence electrons. The number of likely N-dealkylation sites (N-methyl/N-ethyl adjacent to an activating group) is 1. The van der Waals surface area contributed by atoms with Crippen molar-refractivity contribution in [3.8, 4) is 0 Å². The molecular formula is C21H33N3O4. The summed E-state index contributed by atoms with van der Waals surface area (Å²) in [4.78, 5) is 39.1. The smallest absolute Gasteiger partial charge is 0.408 e. The molecule has 28 heavy (non-hydrogen) atoms. The van der Waals surface area contributed by atoms with Gasteiger partial charge >= 0.3 is 6.09 Å². The Hall–Kier alpha value is -2.57. The van der Waals surface area contributed by atoms with Gasteiger partial charge in [-0.3, -0.25) is 9.59 Å². The van der Waals surface area contributed by atoms with Gasteiger partial charge in [-0.05, 0) is 54.0 Å². The number of hydrogen-bond acceptors (Lipinski definition) is 4. The van der Waals surface area contributed by atoms with Gasteiger partial charge in [-0.2, -0.15) is 0 Å². The number of benzene rings is 1. The number of alkyl carbamates (subject to hydrolysis) is 1. The van der Waals surface area contributed by atoms with Crippen molar-refractivity contribution < 1.29 is 19.1 Å². The van der Waals surface area contributed by atoms with Crippen LogP contribution in [0.2, 0.25) is 0 Å². The van der Waals surface area contributed by atoms with E-state index in [9.17, 15) is 14.4 Å². The fourth-order valence-corrected chi connectivity index (χ4v) is 2.73. The maximum atomic E-state index is 12.9. The molecule has 0 radical (unpaired) electrons. The van der Waals surface area contributed by atoms with Crippen LogP contribution in [0.1, 0.15) is 58.7 Å². The highest BCUT2D eigenvalue weighted by Crippen LogP contribution is 2.22. The molecule has 2 unspecified atom stereocenters. The highest BCUT2D eigenvalue weighted by molar-refractivity contribution is 5.91. The number of hydrogen-bond donors (Lipinski definition) is 2. The lowest BCUT2D eigenvalue weighted by Gasteiger charge is -2.31. The minimum absolute atomic E-state index is 0.0689. The Morgan fingerprint density at radius 3 is 2.18 bits per heavy atom. The summed E-state index contributed by atoms with van der Waals surface area (Å²) in [5.41, 5.74) is 1.03. The summed E-state index contributed by atoms with van der Waals surface area (Å²) in [7, 11) is 1.56. The van der Waals surface area contributed by atoms with Gasteiger partial charge in [0, 0.05) is 13.1 Å². The van der Waals surface area contributed by atoms with Gasteiger partial charge in [0.15, 0.2) is 0 Å². The quantitative estimate of drug-likeness (QED) is 0.780. The molecule has 0 aliphatic carbocycles. The lowest BCUT2D eigenvalue weighted by molar-refractivity contribution is -0.140. The molecule has 0 saturated heterocycles. The first-order valence-corrected chi connectivity index (χ1v) is 9.45. The summed E-state index contributed by atoms with van der Waals surface area (Å²) < 4.78 is 5.20. The number of rotatable bonds is 6. The van der Waals surface area contributed by atoms with Crippen molar-refractivity contribution in [2.45, 2.75) is 72.2 Å². The molecule has 0 fully saturated rings. The molecule has 0 aliphatic heterocycles. The van der Waals surface area contributed by atoms with Gasteiger partial charge in [0.2, 0.25) is 11.8 Å². The van der Waals surface area contributed by atoms with E-state index in [1.54, 1.807) is 34.7 Å². The zero-order chi connectivity index (χ0) is 21.6. The number of nitrogens with one attached hydrogen (secondary N) is 2. The van der Waals surface area contributed by atoms with Gasteiger partial charge in [0.05, 0.1) is 0 Å². The molecule has 0 spiro atoms. The average molecular weight is 392 g/mol. The van der Waals surface area contributed by atoms with E-state index in [2.05, 4.69) is 10.6 Å². The molecule has 7 nitrogen and oxygen atoms in total. The van der Waals surface area contributed by atoms with Crippen LogP contribution in [0.15, 0.2) is 24.3 Å². The monoisotopic (exact) mass is 391 g/mol. The van der Waals surface area contributed by atoms with E-state index in [0.29, 0.717) is 5.56 Å². The van der Waals surface area contributed by atoms with Crippen molar-refractivity contribution in [2.75, 3.05) is 7.05 Å². The summed E-state index contributed by atoms with van der Waals surface area (Å²) in [6.07, 6.45) is -0.680. The van der Waals surface area contributed by atoms with Crippen LogP contribution >= 0.6 is 0 Å². The second-order valence-corrected chi connectivity index (χ2v) is 8.30. The number of nitrogens with zero attached hydrogens (tertiary/aromatic N) is 1. The first-order chi connectivity index (χ1) is 12.8. The van der Waals surface area contributed by atoms with Crippen LogP contribution in [0.25, 0.3) is 0 Å². The minimum atomic E-state index is -0.848. The Bertz CT molecular complexity index is 710. The van der Waals surface area contributed by atoms with Gasteiger partial charge in [0.25, 0.3) is 0 Å². The summed E-state index contributed by atoms with van der Waals surface area (Å²) in [6.45, 7) is 12.4. The second-order valence-electron chi connectivity index (χ2n) is 8.30. The molecule has 2 N–H and O–H groups in total. The van der Waals surface area contributed by atoms with Crippen LogP contribution in [0, 0.1) is 6.92 Å². The van der Waals surface area contributed by atoms with Gasteiger partial charge in [-0.1, -0.05) is 29.8 Å². The molecule has 0 aliphatic rings. The van der Waals surface area contributed by atoms with E-state index in [4.69, 9.17) is 4.74 Å². The Balaban J connectivity index is 3.04. The Morgan fingerprint density at radius 1 is 1.07 bits per heavy atom. The number of carbonyl (C=O) groups excluding carboxylic acids is 3. The van der Waals surface area contributed by atoms with Crippen molar-refractivity contribution >= 4 is 17.9 Å². The summed E-state index contributed by atoms with van der Waals surface area (Å²) in [5, 5.41) is 5.39. The molecule has 1 rings (SSSR count). The highest BCUT2D eigenvalue weighted by atomic mass is 16.6. The van der Waals surface area contributed by atoms with E-state index in [-0.39, 0.29) is 11.9 Å².